The molecule has 0 unspecified atom stereocenters. The summed E-state index contributed by atoms with van der Waals surface area (Å²) in [6.07, 6.45) is 1.51. The van der Waals surface area contributed by atoms with Crippen LogP contribution in [0.2, 0.25) is 0 Å². The molecule has 1 aromatic rings. The van der Waals surface area contributed by atoms with E-state index >= 15 is 0 Å². The third-order valence-electron chi connectivity index (χ3n) is 0.813. The summed E-state index contributed by atoms with van der Waals surface area (Å²) in [5.74, 6) is 1.55. The Hall–Kier alpha value is -0.410. The van der Waals surface area contributed by atoms with Crippen LogP contribution in [0.3, 0.4) is 0 Å². The molecular weight excluding hydrogens is 173 g/mol. The van der Waals surface area contributed by atoms with Gasteiger partial charge in [-0.25, -0.2) is 15.0 Å². The molecule has 0 aliphatic carbocycles. The molecule has 0 aliphatic heterocycles. The van der Waals surface area contributed by atoms with Crippen LogP contribution >= 0.6 is 24.8 Å². The summed E-state index contributed by atoms with van der Waals surface area (Å²) in [6, 6.07) is 0. The maximum Gasteiger partial charge on any atom is 0.129 e. The van der Waals surface area contributed by atoms with Crippen LogP contribution in [0.25, 0.3) is 0 Å². The second kappa shape index (κ2) is 5.38. The van der Waals surface area contributed by atoms with Gasteiger partial charge in [0.15, 0.2) is 0 Å². The number of rotatable bonds is 0. The molecule has 0 radical (unpaired) electrons. The van der Waals surface area contributed by atoms with Crippen LogP contribution in [0.4, 0.5) is 0 Å². The molecule has 3 nitrogen and oxygen atoms in total. The lowest BCUT2D eigenvalue weighted by Crippen LogP contribution is -1.91. The number of aryl methyl sites for hydroxylation is 2. The summed E-state index contributed by atoms with van der Waals surface area (Å²) in [5, 5.41) is 0. The lowest BCUT2D eigenvalue weighted by atomic mass is 10.6. The third kappa shape index (κ3) is 3.58. The Kier molecular flexibility index (Phi) is 6.61. The quantitative estimate of drug-likeness (QED) is 0.607. The van der Waals surface area contributed by atoms with Crippen LogP contribution in [0, 0.1) is 13.8 Å². The van der Waals surface area contributed by atoms with Crippen LogP contribution < -0.4 is 0 Å². The Labute approximate surface area is 72.1 Å². The number of aromatic nitrogens is 3. The van der Waals surface area contributed by atoms with Crippen molar-refractivity contribution in [3.05, 3.63) is 18.0 Å². The first kappa shape index (κ1) is 12.3. The standard InChI is InChI=1S/C5H7N3.2ClH/c1-4-6-3-7-5(2)8-4;;/h3H,1-2H3;2*1H. The number of nitrogens with zero attached hydrogens (tertiary/aromatic N) is 3. The van der Waals surface area contributed by atoms with E-state index in [2.05, 4.69) is 15.0 Å². The highest BCUT2D eigenvalue weighted by Crippen LogP contribution is 1.83. The number of hydrogen-bond donors (Lipinski definition) is 0. The van der Waals surface area contributed by atoms with Gasteiger partial charge in [-0.3, -0.25) is 0 Å². The predicted octanol–water partition coefficient (Wildman–Crippen LogP) is 1.33. The van der Waals surface area contributed by atoms with E-state index in [0.717, 1.165) is 11.6 Å². The maximum absolute atomic E-state index is 3.95. The molecule has 1 heterocycles. The topological polar surface area (TPSA) is 38.7 Å². The molecule has 0 bridgehead atoms. The molecule has 0 fully saturated rings. The average molecular weight is 182 g/mol. The van der Waals surface area contributed by atoms with E-state index in [9.17, 15) is 0 Å². The summed E-state index contributed by atoms with van der Waals surface area (Å²) < 4.78 is 0. The van der Waals surface area contributed by atoms with Gasteiger partial charge in [0.25, 0.3) is 0 Å². The summed E-state index contributed by atoms with van der Waals surface area (Å²) in [5.41, 5.74) is 0. The molecular formula is C5H9Cl2N3. The number of halogens is 2. The van der Waals surface area contributed by atoms with Crippen LogP contribution in [0.5, 0.6) is 0 Å². The van der Waals surface area contributed by atoms with Gasteiger partial charge in [-0.05, 0) is 13.8 Å². The van der Waals surface area contributed by atoms with E-state index in [1.165, 1.54) is 6.33 Å². The Morgan fingerprint density at radius 1 is 1.00 bits per heavy atom. The van der Waals surface area contributed by atoms with Crippen molar-refractivity contribution in [3.63, 3.8) is 0 Å². The van der Waals surface area contributed by atoms with Gasteiger partial charge in [0.1, 0.15) is 18.0 Å². The summed E-state index contributed by atoms with van der Waals surface area (Å²) in [6.45, 7) is 3.68. The predicted molar refractivity (Wildman–Crippen MR) is 43.8 cm³/mol. The zero-order valence-corrected chi connectivity index (χ0v) is 7.37. The number of hydrogen-bond acceptors (Lipinski definition) is 3. The molecule has 0 N–H and O–H groups in total. The van der Waals surface area contributed by atoms with Gasteiger partial charge in [0.05, 0.1) is 0 Å². The van der Waals surface area contributed by atoms with Gasteiger partial charge in [-0.1, -0.05) is 0 Å². The van der Waals surface area contributed by atoms with Crippen molar-refractivity contribution in [2.24, 2.45) is 0 Å². The van der Waals surface area contributed by atoms with Crippen molar-refractivity contribution in [2.45, 2.75) is 13.8 Å². The maximum atomic E-state index is 3.95. The van der Waals surface area contributed by atoms with Gasteiger partial charge >= 0.3 is 0 Å². The van der Waals surface area contributed by atoms with Crippen molar-refractivity contribution < 1.29 is 0 Å². The molecule has 58 valence electrons. The minimum absolute atomic E-state index is 0. The Morgan fingerprint density at radius 3 is 1.60 bits per heavy atom. The van der Waals surface area contributed by atoms with Crippen molar-refractivity contribution >= 4 is 24.8 Å². The second-order valence-electron chi connectivity index (χ2n) is 1.58. The first-order valence-corrected chi connectivity index (χ1v) is 2.41. The second-order valence-corrected chi connectivity index (χ2v) is 1.58. The fraction of sp³-hybridized carbons (Fsp3) is 0.400. The zero-order chi connectivity index (χ0) is 5.98. The molecule has 0 saturated carbocycles. The van der Waals surface area contributed by atoms with Crippen molar-refractivity contribution in [3.8, 4) is 0 Å². The highest BCUT2D eigenvalue weighted by molar-refractivity contribution is 5.85. The highest BCUT2D eigenvalue weighted by Gasteiger charge is 1.84. The Morgan fingerprint density at radius 2 is 1.40 bits per heavy atom. The Balaban J connectivity index is 0. The van der Waals surface area contributed by atoms with E-state index in [1.54, 1.807) is 0 Å². The summed E-state index contributed by atoms with van der Waals surface area (Å²) >= 11 is 0. The van der Waals surface area contributed by atoms with Gasteiger partial charge in [-0.2, -0.15) is 0 Å². The van der Waals surface area contributed by atoms with Crippen LogP contribution in [-0.4, -0.2) is 15.0 Å². The van der Waals surface area contributed by atoms with Crippen LogP contribution in [0.15, 0.2) is 6.33 Å². The van der Waals surface area contributed by atoms with Gasteiger partial charge in [0, 0.05) is 0 Å². The first-order valence-electron chi connectivity index (χ1n) is 2.41. The zero-order valence-electron chi connectivity index (χ0n) is 5.74. The van der Waals surface area contributed by atoms with Crippen molar-refractivity contribution in [2.75, 3.05) is 0 Å². The fourth-order valence-corrected chi connectivity index (χ4v) is 0.488. The molecule has 1 aromatic heterocycles. The van der Waals surface area contributed by atoms with E-state index in [0.29, 0.717) is 0 Å². The lowest BCUT2D eigenvalue weighted by molar-refractivity contribution is 0.920. The molecule has 0 aliphatic rings. The van der Waals surface area contributed by atoms with Crippen LogP contribution in [0.1, 0.15) is 11.6 Å². The smallest absolute Gasteiger partial charge is 0.129 e. The molecule has 0 saturated heterocycles. The summed E-state index contributed by atoms with van der Waals surface area (Å²) in [7, 11) is 0. The van der Waals surface area contributed by atoms with E-state index in [1.807, 2.05) is 13.8 Å². The minimum atomic E-state index is 0. The first-order chi connectivity index (χ1) is 3.79. The van der Waals surface area contributed by atoms with Crippen molar-refractivity contribution in [1.82, 2.24) is 15.0 Å². The normalized spacial score (nSPS) is 7.40. The molecule has 1 rings (SSSR count). The SMILES string of the molecule is Cc1ncnc(C)n1.Cl.Cl. The fourth-order valence-electron chi connectivity index (χ4n) is 0.488. The lowest BCUT2D eigenvalue weighted by Gasteiger charge is -1.88. The Bertz CT molecular complexity index is 175. The van der Waals surface area contributed by atoms with Crippen LogP contribution in [-0.2, 0) is 0 Å². The average Bonchev–Trinajstić information content (AvgIpc) is 1.64. The summed E-state index contributed by atoms with van der Waals surface area (Å²) in [4.78, 5) is 11.6. The van der Waals surface area contributed by atoms with Gasteiger partial charge < -0.3 is 0 Å². The van der Waals surface area contributed by atoms with Gasteiger partial charge in [0.2, 0.25) is 0 Å². The van der Waals surface area contributed by atoms with E-state index in [-0.39, 0.29) is 24.8 Å². The third-order valence-corrected chi connectivity index (χ3v) is 0.813. The minimum Gasteiger partial charge on any atom is -0.222 e. The molecule has 0 spiro atoms. The van der Waals surface area contributed by atoms with Gasteiger partial charge in [-0.15, -0.1) is 24.8 Å². The highest BCUT2D eigenvalue weighted by atomic mass is 35.5. The van der Waals surface area contributed by atoms with Crippen molar-refractivity contribution in [1.29, 1.82) is 0 Å². The molecule has 0 amide bonds. The molecule has 5 heteroatoms. The van der Waals surface area contributed by atoms with E-state index < -0.39 is 0 Å². The largest absolute Gasteiger partial charge is 0.222 e. The van der Waals surface area contributed by atoms with E-state index in [4.69, 9.17) is 0 Å². The molecule has 10 heavy (non-hydrogen) atoms. The monoisotopic (exact) mass is 181 g/mol. The molecule has 0 aromatic carbocycles. The molecule has 0 atom stereocenters.